The second-order valence-electron chi connectivity index (χ2n) is 7.13. The monoisotopic (exact) mass is 516 g/mol. The molecule has 3 rings (SSSR count). The minimum Gasteiger partial charge on any atom is -0.493 e. The number of nitrogens with zero attached hydrogens (tertiary/aromatic N) is 1. The van der Waals surface area contributed by atoms with Crippen LogP contribution < -0.4 is 14.8 Å². The van der Waals surface area contributed by atoms with Crippen molar-refractivity contribution in [2.45, 2.75) is 32.0 Å². The predicted octanol–water partition coefficient (Wildman–Crippen LogP) is 5.62. The van der Waals surface area contributed by atoms with Crippen LogP contribution in [0, 0.1) is 0 Å². The summed E-state index contributed by atoms with van der Waals surface area (Å²) in [5.41, 5.74) is 2.58. The van der Waals surface area contributed by atoms with Crippen LogP contribution >= 0.6 is 40.7 Å². The lowest BCUT2D eigenvalue weighted by atomic mass is 10.0. The maximum absolute atomic E-state index is 5.70. The van der Waals surface area contributed by atoms with Gasteiger partial charge in [-0.15, -0.1) is 24.8 Å². The van der Waals surface area contributed by atoms with E-state index in [2.05, 4.69) is 69.1 Å². The minimum absolute atomic E-state index is 0. The second kappa shape index (κ2) is 13.9. The van der Waals surface area contributed by atoms with Crippen LogP contribution in [0.5, 0.6) is 11.5 Å². The summed E-state index contributed by atoms with van der Waals surface area (Å²) >= 11 is 3.60. The lowest BCUT2D eigenvalue weighted by molar-refractivity contribution is 0.190. The van der Waals surface area contributed by atoms with Gasteiger partial charge in [-0.25, -0.2) is 0 Å². The van der Waals surface area contributed by atoms with Gasteiger partial charge < -0.3 is 14.8 Å². The van der Waals surface area contributed by atoms with Crippen molar-refractivity contribution in [3.8, 4) is 11.5 Å². The van der Waals surface area contributed by atoms with Crippen molar-refractivity contribution in [3.63, 3.8) is 0 Å². The molecule has 0 amide bonds. The van der Waals surface area contributed by atoms with Gasteiger partial charge in [-0.05, 0) is 65.1 Å². The molecule has 1 fully saturated rings. The van der Waals surface area contributed by atoms with Crippen LogP contribution in [0.25, 0.3) is 0 Å². The zero-order valence-corrected chi connectivity index (χ0v) is 20.5. The van der Waals surface area contributed by atoms with Crippen molar-refractivity contribution in [1.82, 2.24) is 10.2 Å². The van der Waals surface area contributed by atoms with Gasteiger partial charge in [0.15, 0.2) is 11.5 Å². The highest BCUT2D eigenvalue weighted by molar-refractivity contribution is 9.10. The fraction of sp³-hybridized carbons (Fsp3) is 0.391. The summed E-state index contributed by atoms with van der Waals surface area (Å²) in [5.74, 6) is 1.46. The smallest absolute Gasteiger partial charge is 0.175 e. The Labute approximate surface area is 201 Å². The van der Waals surface area contributed by atoms with E-state index < -0.39 is 0 Å². The lowest BCUT2D eigenvalue weighted by Gasteiger charge is -2.32. The van der Waals surface area contributed by atoms with E-state index in [1.165, 1.54) is 24.0 Å². The van der Waals surface area contributed by atoms with Crippen LogP contribution in [-0.4, -0.2) is 37.7 Å². The maximum atomic E-state index is 5.70. The maximum Gasteiger partial charge on any atom is 0.175 e. The van der Waals surface area contributed by atoms with Gasteiger partial charge in [0.05, 0.1) is 11.6 Å². The van der Waals surface area contributed by atoms with Crippen molar-refractivity contribution in [1.29, 1.82) is 0 Å². The molecule has 1 aliphatic rings. The average Bonchev–Trinajstić information content (AvgIpc) is 2.73. The van der Waals surface area contributed by atoms with Gasteiger partial charge in [-0.2, -0.15) is 0 Å². The molecule has 0 saturated carbocycles. The van der Waals surface area contributed by atoms with Gasteiger partial charge in [0, 0.05) is 19.1 Å². The fourth-order valence-corrected chi connectivity index (χ4v) is 4.16. The van der Waals surface area contributed by atoms with Gasteiger partial charge in [-0.3, -0.25) is 4.90 Å². The Hall–Kier alpha value is -1.24. The van der Waals surface area contributed by atoms with Crippen molar-refractivity contribution < 1.29 is 9.47 Å². The number of halogens is 3. The number of hydrogen-bond donors (Lipinski definition) is 1. The van der Waals surface area contributed by atoms with E-state index in [-0.39, 0.29) is 24.8 Å². The van der Waals surface area contributed by atoms with Gasteiger partial charge in [0.1, 0.15) is 6.61 Å². The standard InChI is InChI=1S/C23H29BrN2O2.2ClH/c1-3-13-28-23-21(24)14-19(15-22(23)27-2)16-25-20-9-11-26(12-10-20)17-18-7-5-4-6-8-18;;/h3-8,14-15,20,25H,1,9-13,16-17H2,2H3;2*1H. The highest BCUT2D eigenvalue weighted by Crippen LogP contribution is 2.36. The fourth-order valence-electron chi connectivity index (χ4n) is 3.56. The van der Waals surface area contributed by atoms with E-state index in [0.29, 0.717) is 12.6 Å². The van der Waals surface area contributed by atoms with Gasteiger partial charge in [0.2, 0.25) is 0 Å². The van der Waals surface area contributed by atoms with E-state index in [1.54, 1.807) is 13.2 Å². The number of nitrogens with one attached hydrogen (secondary N) is 1. The molecule has 1 N–H and O–H groups in total. The first-order chi connectivity index (χ1) is 13.7. The predicted molar refractivity (Wildman–Crippen MR) is 132 cm³/mol. The molecule has 2 aromatic carbocycles. The molecule has 30 heavy (non-hydrogen) atoms. The van der Waals surface area contributed by atoms with Gasteiger partial charge in [0.25, 0.3) is 0 Å². The molecule has 1 saturated heterocycles. The first-order valence-electron chi connectivity index (χ1n) is 9.79. The molecule has 0 aromatic heterocycles. The normalized spacial score (nSPS) is 14.3. The summed E-state index contributed by atoms with van der Waals surface area (Å²) in [6.07, 6.45) is 4.07. The largest absolute Gasteiger partial charge is 0.493 e. The van der Waals surface area contributed by atoms with Crippen molar-refractivity contribution in [2.24, 2.45) is 0 Å². The van der Waals surface area contributed by atoms with Crippen LogP contribution in [0.2, 0.25) is 0 Å². The van der Waals surface area contributed by atoms with Crippen LogP contribution in [0.3, 0.4) is 0 Å². The number of methoxy groups -OCH3 is 1. The van der Waals surface area contributed by atoms with Crippen LogP contribution in [0.1, 0.15) is 24.0 Å². The number of piperidine rings is 1. The Morgan fingerprint density at radius 1 is 1.13 bits per heavy atom. The number of likely N-dealkylation sites (tertiary alicyclic amines) is 1. The lowest BCUT2D eigenvalue weighted by Crippen LogP contribution is -2.41. The summed E-state index contributed by atoms with van der Waals surface area (Å²) in [7, 11) is 1.67. The third kappa shape index (κ3) is 7.78. The Balaban J connectivity index is 0.00000225. The molecule has 7 heteroatoms. The molecule has 4 nitrogen and oxygen atoms in total. The quantitative estimate of drug-likeness (QED) is 0.437. The minimum atomic E-state index is 0. The molecule has 0 bridgehead atoms. The first-order valence-corrected chi connectivity index (χ1v) is 10.6. The molecule has 0 aliphatic carbocycles. The second-order valence-corrected chi connectivity index (χ2v) is 7.98. The number of rotatable bonds is 9. The van der Waals surface area contributed by atoms with Crippen molar-refractivity contribution in [3.05, 3.63) is 70.7 Å². The van der Waals surface area contributed by atoms with Gasteiger partial charge >= 0.3 is 0 Å². The molecule has 1 aliphatic heterocycles. The van der Waals surface area contributed by atoms with Crippen molar-refractivity contribution in [2.75, 3.05) is 26.8 Å². The van der Waals surface area contributed by atoms with Crippen LogP contribution in [0.15, 0.2) is 59.6 Å². The molecular formula is C23H31BrCl2N2O2. The number of hydrogen-bond acceptors (Lipinski definition) is 4. The van der Waals surface area contributed by atoms with Crippen LogP contribution in [-0.2, 0) is 13.1 Å². The number of ether oxygens (including phenoxy) is 2. The van der Waals surface area contributed by atoms with E-state index in [1.807, 2.05) is 6.07 Å². The molecule has 0 spiro atoms. The highest BCUT2D eigenvalue weighted by atomic mass is 79.9. The van der Waals surface area contributed by atoms with E-state index in [0.717, 1.165) is 42.2 Å². The SMILES string of the molecule is C=CCOc1c(Br)cc(CNC2CCN(Cc3ccccc3)CC2)cc1OC.Cl.Cl. The molecular weight excluding hydrogens is 487 g/mol. The third-order valence-corrected chi connectivity index (χ3v) is 5.66. The first kappa shape index (κ1) is 26.8. The Morgan fingerprint density at radius 3 is 2.47 bits per heavy atom. The molecule has 0 atom stereocenters. The molecule has 1 heterocycles. The number of benzene rings is 2. The molecule has 166 valence electrons. The van der Waals surface area contributed by atoms with Crippen LogP contribution in [0.4, 0.5) is 0 Å². The summed E-state index contributed by atoms with van der Waals surface area (Å²) in [4.78, 5) is 2.54. The Bertz CT molecular complexity index is 769. The molecule has 2 aromatic rings. The van der Waals surface area contributed by atoms with E-state index >= 15 is 0 Å². The Kier molecular flexibility index (Phi) is 12.5. The molecule has 0 radical (unpaired) electrons. The average molecular weight is 518 g/mol. The van der Waals surface area contributed by atoms with E-state index in [9.17, 15) is 0 Å². The summed E-state index contributed by atoms with van der Waals surface area (Å²) < 4.78 is 12.1. The summed E-state index contributed by atoms with van der Waals surface area (Å²) in [6, 6.07) is 15.4. The molecule has 0 unspecified atom stereocenters. The topological polar surface area (TPSA) is 33.7 Å². The van der Waals surface area contributed by atoms with Crippen molar-refractivity contribution >= 4 is 40.7 Å². The zero-order valence-electron chi connectivity index (χ0n) is 17.3. The Morgan fingerprint density at radius 2 is 1.83 bits per heavy atom. The van der Waals surface area contributed by atoms with Gasteiger partial charge in [-0.1, -0.05) is 43.0 Å². The zero-order chi connectivity index (χ0) is 19.8. The van der Waals surface area contributed by atoms with E-state index in [4.69, 9.17) is 9.47 Å². The summed E-state index contributed by atoms with van der Waals surface area (Å²) in [5, 5.41) is 3.70. The third-order valence-electron chi connectivity index (χ3n) is 5.07. The highest BCUT2D eigenvalue weighted by Gasteiger charge is 2.19. The summed E-state index contributed by atoms with van der Waals surface area (Å²) in [6.45, 7) is 8.28.